The third-order valence-electron chi connectivity index (χ3n) is 3.50. The summed E-state index contributed by atoms with van der Waals surface area (Å²) in [6.07, 6.45) is 1.12. The Morgan fingerprint density at radius 3 is 2.47 bits per heavy atom. The maximum atomic E-state index is 10.1. The molecule has 0 aliphatic carbocycles. The minimum absolute atomic E-state index is 0.365. The van der Waals surface area contributed by atoms with Gasteiger partial charge in [-0.05, 0) is 23.4 Å². The van der Waals surface area contributed by atoms with Crippen molar-refractivity contribution in [2.45, 2.75) is 31.9 Å². The lowest BCUT2D eigenvalue weighted by atomic mass is 9.94. The first-order chi connectivity index (χ1) is 9.19. The Balaban J connectivity index is 2.50. The molecule has 2 atom stereocenters. The van der Waals surface area contributed by atoms with Crippen LogP contribution in [0.25, 0.3) is 10.8 Å². The molecule has 0 aliphatic rings. The largest absolute Gasteiger partial charge is 0.496 e. The van der Waals surface area contributed by atoms with E-state index in [9.17, 15) is 5.11 Å². The van der Waals surface area contributed by atoms with E-state index in [0.29, 0.717) is 6.42 Å². The molecular formula is C16H21NO2. The lowest BCUT2D eigenvalue weighted by molar-refractivity contribution is 0.135. The van der Waals surface area contributed by atoms with E-state index in [4.69, 9.17) is 10.5 Å². The number of hydrogen-bond donors (Lipinski definition) is 2. The maximum absolute atomic E-state index is 10.1. The highest BCUT2D eigenvalue weighted by Crippen LogP contribution is 2.32. The fourth-order valence-electron chi connectivity index (χ4n) is 2.45. The standard InChI is InChI=1S/C16H21NO2/c1-3-6-14(18)16(17)13-9-10-15(19-2)12-8-5-4-7-11(12)13/h4-5,7-10,14,16,18H,3,6,17H2,1-2H3/t14-,16+/m1/s1. The molecule has 0 amide bonds. The molecule has 0 fully saturated rings. The highest BCUT2D eigenvalue weighted by atomic mass is 16.5. The molecule has 2 aromatic carbocycles. The zero-order valence-corrected chi connectivity index (χ0v) is 11.5. The van der Waals surface area contributed by atoms with Crippen LogP contribution in [-0.2, 0) is 0 Å². The van der Waals surface area contributed by atoms with Crippen molar-refractivity contribution in [2.24, 2.45) is 5.73 Å². The van der Waals surface area contributed by atoms with Gasteiger partial charge >= 0.3 is 0 Å². The van der Waals surface area contributed by atoms with Crippen LogP contribution in [0.15, 0.2) is 36.4 Å². The van der Waals surface area contributed by atoms with Crippen LogP contribution in [0.4, 0.5) is 0 Å². The van der Waals surface area contributed by atoms with Gasteiger partial charge in [-0.15, -0.1) is 0 Å². The van der Waals surface area contributed by atoms with Gasteiger partial charge in [0.2, 0.25) is 0 Å². The zero-order valence-electron chi connectivity index (χ0n) is 11.5. The Bertz CT molecular complexity index is 553. The number of methoxy groups -OCH3 is 1. The van der Waals surface area contributed by atoms with E-state index in [-0.39, 0.29) is 6.04 Å². The molecule has 2 aromatic rings. The first-order valence-electron chi connectivity index (χ1n) is 6.68. The predicted octanol–water partition coefficient (Wildman–Crippen LogP) is 3.01. The summed E-state index contributed by atoms with van der Waals surface area (Å²) < 4.78 is 5.37. The molecule has 3 heteroatoms. The summed E-state index contributed by atoms with van der Waals surface area (Å²) in [5.41, 5.74) is 7.16. The fourth-order valence-corrected chi connectivity index (χ4v) is 2.45. The highest BCUT2D eigenvalue weighted by Gasteiger charge is 2.19. The van der Waals surface area contributed by atoms with E-state index in [1.807, 2.05) is 43.3 Å². The molecule has 0 aromatic heterocycles. The average molecular weight is 259 g/mol. The number of aliphatic hydroxyl groups is 1. The summed E-state index contributed by atoms with van der Waals surface area (Å²) in [6.45, 7) is 2.04. The molecule has 0 aliphatic heterocycles. The summed E-state index contributed by atoms with van der Waals surface area (Å²) >= 11 is 0. The number of rotatable bonds is 5. The minimum Gasteiger partial charge on any atom is -0.496 e. The molecule has 0 unspecified atom stereocenters. The van der Waals surface area contributed by atoms with Crippen LogP contribution in [0.5, 0.6) is 5.75 Å². The molecule has 3 N–H and O–H groups in total. The lowest BCUT2D eigenvalue weighted by Gasteiger charge is -2.21. The van der Waals surface area contributed by atoms with Crippen LogP contribution in [0.3, 0.4) is 0 Å². The van der Waals surface area contributed by atoms with Crippen molar-refractivity contribution in [3.05, 3.63) is 42.0 Å². The number of hydrogen-bond acceptors (Lipinski definition) is 3. The van der Waals surface area contributed by atoms with Crippen molar-refractivity contribution in [3.63, 3.8) is 0 Å². The van der Waals surface area contributed by atoms with Gasteiger partial charge in [0.25, 0.3) is 0 Å². The molecule has 0 saturated carbocycles. The molecule has 0 heterocycles. The number of ether oxygens (including phenoxy) is 1. The fraction of sp³-hybridized carbons (Fsp3) is 0.375. The number of aliphatic hydroxyl groups excluding tert-OH is 1. The minimum atomic E-state index is -0.512. The van der Waals surface area contributed by atoms with Crippen molar-refractivity contribution in [1.82, 2.24) is 0 Å². The van der Waals surface area contributed by atoms with Crippen molar-refractivity contribution < 1.29 is 9.84 Å². The van der Waals surface area contributed by atoms with E-state index < -0.39 is 6.10 Å². The van der Waals surface area contributed by atoms with Gasteiger partial charge < -0.3 is 15.6 Å². The molecule has 0 spiro atoms. The van der Waals surface area contributed by atoms with Gasteiger partial charge in [-0.2, -0.15) is 0 Å². The third-order valence-corrected chi connectivity index (χ3v) is 3.50. The highest BCUT2D eigenvalue weighted by molar-refractivity contribution is 5.91. The Morgan fingerprint density at radius 1 is 1.16 bits per heavy atom. The van der Waals surface area contributed by atoms with Crippen molar-refractivity contribution in [3.8, 4) is 5.75 Å². The van der Waals surface area contributed by atoms with Gasteiger partial charge in [-0.1, -0.05) is 43.7 Å². The van der Waals surface area contributed by atoms with E-state index in [2.05, 4.69) is 0 Å². The lowest BCUT2D eigenvalue weighted by Crippen LogP contribution is -2.26. The average Bonchev–Trinajstić information content (AvgIpc) is 2.45. The molecule has 0 saturated heterocycles. The second-order valence-corrected chi connectivity index (χ2v) is 4.78. The number of benzene rings is 2. The summed E-state index contributed by atoms with van der Waals surface area (Å²) in [7, 11) is 1.66. The summed E-state index contributed by atoms with van der Waals surface area (Å²) in [5, 5.41) is 12.2. The Kier molecular flexibility index (Phi) is 4.40. The molecule has 0 radical (unpaired) electrons. The van der Waals surface area contributed by atoms with Crippen LogP contribution in [0.2, 0.25) is 0 Å². The smallest absolute Gasteiger partial charge is 0.126 e. The molecule has 19 heavy (non-hydrogen) atoms. The topological polar surface area (TPSA) is 55.5 Å². The SMILES string of the molecule is CCC[C@@H](O)[C@@H](N)c1ccc(OC)c2ccccc12. The Morgan fingerprint density at radius 2 is 1.84 bits per heavy atom. The summed E-state index contributed by atoms with van der Waals surface area (Å²) in [4.78, 5) is 0. The van der Waals surface area contributed by atoms with Crippen molar-refractivity contribution >= 4 is 10.8 Å². The van der Waals surface area contributed by atoms with Gasteiger partial charge in [0.15, 0.2) is 0 Å². The molecule has 102 valence electrons. The molecular weight excluding hydrogens is 238 g/mol. The van der Waals surface area contributed by atoms with Gasteiger partial charge in [0, 0.05) is 5.39 Å². The first-order valence-corrected chi connectivity index (χ1v) is 6.68. The summed E-state index contributed by atoms with van der Waals surface area (Å²) in [6, 6.07) is 11.5. The number of fused-ring (bicyclic) bond motifs is 1. The van der Waals surface area contributed by atoms with Crippen LogP contribution in [0.1, 0.15) is 31.4 Å². The normalized spacial score (nSPS) is 14.3. The van der Waals surface area contributed by atoms with Crippen LogP contribution >= 0.6 is 0 Å². The van der Waals surface area contributed by atoms with E-state index >= 15 is 0 Å². The number of nitrogens with two attached hydrogens (primary N) is 1. The van der Waals surface area contributed by atoms with Crippen LogP contribution < -0.4 is 10.5 Å². The van der Waals surface area contributed by atoms with Crippen LogP contribution in [0, 0.1) is 0 Å². The Hall–Kier alpha value is -1.58. The summed E-state index contributed by atoms with van der Waals surface area (Å²) in [5.74, 6) is 0.830. The van der Waals surface area contributed by atoms with E-state index in [1.54, 1.807) is 7.11 Å². The van der Waals surface area contributed by atoms with Gasteiger partial charge in [0.05, 0.1) is 19.3 Å². The van der Waals surface area contributed by atoms with Crippen LogP contribution in [-0.4, -0.2) is 18.3 Å². The van der Waals surface area contributed by atoms with Crippen molar-refractivity contribution in [2.75, 3.05) is 7.11 Å². The molecule has 2 rings (SSSR count). The zero-order chi connectivity index (χ0) is 13.8. The van der Waals surface area contributed by atoms with E-state index in [1.165, 1.54) is 0 Å². The van der Waals surface area contributed by atoms with E-state index in [0.717, 1.165) is 28.5 Å². The van der Waals surface area contributed by atoms with Gasteiger partial charge in [-0.3, -0.25) is 0 Å². The monoisotopic (exact) mass is 259 g/mol. The van der Waals surface area contributed by atoms with Gasteiger partial charge in [0.1, 0.15) is 5.75 Å². The molecule has 0 bridgehead atoms. The Labute approximate surface area is 114 Å². The second kappa shape index (κ2) is 6.04. The van der Waals surface area contributed by atoms with Gasteiger partial charge in [-0.25, -0.2) is 0 Å². The molecule has 3 nitrogen and oxygen atoms in total. The maximum Gasteiger partial charge on any atom is 0.126 e. The second-order valence-electron chi connectivity index (χ2n) is 4.78. The van der Waals surface area contributed by atoms with Crippen molar-refractivity contribution in [1.29, 1.82) is 0 Å². The third kappa shape index (κ3) is 2.72. The first kappa shape index (κ1) is 13.8. The predicted molar refractivity (Wildman–Crippen MR) is 78.3 cm³/mol. The quantitative estimate of drug-likeness (QED) is 0.867.